The molecule has 0 aliphatic carbocycles. The SMILES string of the molecule is Cc1c(Cl)ccc2c1nc1[nH]c(C(=O)O)cn12. The van der Waals surface area contributed by atoms with E-state index in [1.54, 1.807) is 10.5 Å². The lowest BCUT2D eigenvalue weighted by Gasteiger charge is -1.97. The van der Waals surface area contributed by atoms with Gasteiger partial charge in [-0.15, -0.1) is 0 Å². The number of aryl methyl sites for hydroxylation is 1. The Kier molecular flexibility index (Phi) is 1.94. The number of aromatic nitrogens is 3. The number of hydrogen-bond acceptors (Lipinski definition) is 2. The number of aromatic amines is 1. The molecule has 0 radical (unpaired) electrons. The number of H-pyrrole nitrogens is 1. The predicted octanol–water partition coefficient (Wildman–Crippen LogP) is 2.48. The number of aromatic carboxylic acids is 1. The largest absolute Gasteiger partial charge is 0.477 e. The van der Waals surface area contributed by atoms with E-state index in [-0.39, 0.29) is 5.69 Å². The highest BCUT2D eigenvalue weighted by molar-refractivity contribution is 6.32. The van der Waals surface area contributed by atoms with Crippen molar-refractivity contribution in [1.29, 1.82) is 0 Å². The average Bonchev–Trinajstić information content (AvgIpc) is 2.81. The van der Waals surface area contributed by atoms with E-state index in [4.69, 9.17) is 16.7 Å². The van der Waals surface area contributed by atoms with Crippen LogP contribution >= 0.6 is 11.6 Å². The third-order valence-corrected chi connectivity index (χ3v) is 3.19. The molecule has 0 amide bonds. The van der Waals surface area contributed by atoms with Gasteiger partial charge in [0.25, 0.3) is 0 Å². The summed E-state index contributed by atoms with van der Waals surface area (Å²) in [6, 6.07) is 3.60. The topological polar surface area (TPSA) is 70.4 Å². The van der Waals surface area contributed by atoms with Crippen LogP contribution in [0, 0.1) is 6.92 Å². The van der Waals surface area contributed by atoms with Crippen LogP contribution in [0.15, 0.2) is 18.3 Å². The van der Waals surface area contributed by atoms with E-state index < -0.39 is 5.97 Å². The Hall–Kier alpha value is -2.01. The molecule has 3 rings (SSSR count). The molecule has 0 fully saturated rings. The van der Waals surface area contributed by atoms with Crippen molar-refractivity contribution in [2.45, 2.75) is 6.92 Å². The first kappa shape index (κ1) is 10.2. The minimum atomic E-state index is -1.01. The zero-order valence-electron chi connectivity index (χ0n) is 8.86. The number of imidazole rings is 2. The van der Waals surface area contributed by atoms with Crippen molar-refractivity contribution in [3.05, 3.63) is 34.6 Å². The Labute approximate surface area is 101 Å². The first-order valence-electron chi connectivity index (χ1n) is 4.97. The molecule has 0 saturated heterocycles. The van der Waals surface area contributed by atoms with Crippen LogP contribution in [0.1, 0.15) is 16.1 Å². The number of carboxylic acid groups (broad SMARTS) is 1. The van der Waals surface area contributed by atoms with Crippen molar-refractivity contribution in [3.8, 4) is 0 Å². The van der Waals surface area contributed by atoms with Crippen molar-refractivity contribution >= 4 is 34.4 Å². The number of fused-ring (bicyclic) bond motifs is 3. The number of halogens is 1. The fraction of sp³-hybridized carbons (Fsp3) is 0.0909. The highest BCUT2D eigenvalue weighted by Gasteiger charge is 2.13. The molecule has 86 valence electrons. The van der Waals surface area contributed by atoms with E-state index in [1.807, 2.05) is 13.0 Å². The molecule has 6 heteroatoms. The van der Waals surface area contributed by atoms with Gasteiger partial charge in [0, 0.05) is 11.2 Å². The van der Waals surface area contributed by atoms with E-state index >= 15 is 0 Å². The van der Waals surface area contributed by atoms with Gasteiger partial charge in [0.15, 0.2) is 0 Å². The van der Waals surface area contributed by atoms with Gasteiger partial charge in [-0.05, 0) is 24.6 Å². The number of benzene rings is 1. The maximum Gasteiger partial charge on any atom is 0.353 e. The van der Waals surface area contributed by atoms with Gasteiger partial charge in [0.2, 0.25) is 5.78 Å². The van der Waals surface area contributed by atoms with Gasteiger partial charge < -0.3 is 10.1 Å². The van der Waals surface area contributed by atoms with Gasteiger partial charge in [0.1, 0.15) is 5.69 Å². The molecule has 1 aromatic carbocycles. The zero-order valence-corrected chi connectivity index (χ0v) is 9.62. The van der Waals surface area contributed by atoms with Crippen LogP contribution in [0.3, 0.4) is 0 Å². The quantitative estimate of drug-likeness (QED) is 0.696. The maximum atomic E-state index is 10.8. The summed E-state index contributed by atoms with van der Waals surface area (Å²) >= 11 is 6.01. The summed E-state index contributed by atoms with van der Waals surface area (Å²) in [5.41, 5.74) is 2.62. The molecule has 2 aromatic heterocycles. The summed E-state index contributed by atoms with van der Waals surface area (Å²) in [4.78, 5) is 17.9. The summed E-state index contributed by atoms with van der Waals surface area (Å²) in [6.07, 6.45) is 1.51. The molecule has 5 nitrogen and oxygen atoms in total. The van der Waals surface area contributed by atoms with Gasteiger partial charge >= 0.3 is 5.97 Å². The number of nitrogens with one attached hydrogen (secondary N) is 1. The Morgan fingerprint density at radius 3 is 3.00 bits per heavy atom. The monoisotopic (exact) mass is 249 g/mol. The number of carbonyl (C=O) groups is 1. The van der Waals surface area contributed by atoms with Gasteiger partial charge in [-0.1, -0.05) is 11.6 Å². The van der Waals surface area contributed by atoms with Gasteiger partial charge in [0.05, 0.1) is 11.0 Å². The lowest BCUT2D eigenvalue weighted by Crippen LogP contribution is -1.95. The van der Waals surface area contributed by atoms with Crippen molar-refractivity contribution < 1.29 is 9.90 Å². The molecule has 0 aliphatic heterocycles. The molecule has 0 atom stereocenters. The van der Waals surface area contributed by atoms with E-state index in [1.165, 1.54) is 6.20 Å². The third-order valence-electron chi connectivity index (χ3n) is 2.78. The third kappa shape index (κ3) is 1.32. The highest BCUT2D eigenvalue weighted by Crippen LogP contribution is 2.25. The van der Waals surface area contributed by atoms with E-state index in [0.717, 1.165) is 16.6 Å². The second kappa shape index (κ2) is 3.24. The molecule has 0 unspecified atom stereocenters. The minimum Gasteiger partial charge on any atom is -0.477 e. The fourth-order valence-electron chi connectivity index (χ4n) is 1.88. The first-order valence-corrected chi connectivity index (χ1v) is 5.35. The van der Waals surface area contributed by atoms with Crippen LogP contribution < -0.4 is 0 Å². The first-order chi connectivity index (χ1) is 8.08. The van der Waals surface area contributed by atoms with Crippen LogP contribution in [0.4, 0.5) is 0 Å². The van der Waals surface area contributed by atoms with E-state index in [0.29, 0.717) is 10.8 Å². The second-order valence-electron chi connectivity index (χ2n) is 3.82. The highest BCUT2D eigenvalue weighted by atomic mass is 35.5. The Morgan fingerprint density at radius 2 is 2.29 bits per heavy atom. The summed E-state index contributed by atoms with van der Waals surface area (Å²) in [5, 5.41) is 9.53. The summed E-state index contributed by atoms with van der Waals surface area (Å²) in [6.45, 7) is 1.88. The summed E-state index contributed by atoms with van der Waals surface area (Å²) in [5.74, 6) is -0.503. The molecule has 0 spiro atoms. The van der Waals surface area contributed by atoms with Crippen molar-refractivity contribution in [1.82, 2.24) is 14.4 Å². The molecule has 0 saturated carbocycles. The minimum absolute atomic E-state index is 0.113. The smallest absolute Gasteiger partial charge is 0.353 e. The van der Waals surface area contributed by atoms with Crippen molar-refractivity contribution in [2.75, 3.05) is 0 Å². The lowest BCUT2D eigenvalue weighted by atomic mass is 10.2. The average molecular weight is 250 g/mol. The van der Waals surface area contributed by atoms with Crippen LogP contribution in [0.25, 0.3) is 16.8 Å². The van der Waals surface area contributed by atoms with E-state index in [2.05, 4.69) is 9.97 Å². The molecule has 0 bridgehead atoms. The molecular weight excluding hydrogens is 242 g/mol. The Balaban J connectivity index is 2.42. The fourth-order valence-corrected chi connectivity index (χ4v) is 2.03. The van der Waals surface area contributed by atoms with Crippen LogP contribution in [0.2, 0.25) is 5.02 Å². The molecular formula is C11H8ClN3O2. The number of rotatable bonds is 1. The van der Waals surface area contributed by atoms with Crippen LogP contribution in [0.5, 0.6) is 0 Å². The number of nitrogens with zero attached hydrogens (tertiary/aromatic N) is 2. The zero-order chi connectivity index (χ0) is 12.2. The van der Waals surface area contributed by atoms with Crippen molar-refractivity contribution in [3.63, 3.8) is 0 Å². The van der Waals surface area contributed by atoms with Gasteiger partial charge in [-0.2, -0.15) is 0 Å². The number of hydrogen-bond donors (Lipinski definition) is 2. The summed E-state index contributed by atoms with van der Waals surface area (Å²) < 4.78 is 1.71. The normalized spacial score (nSPS) is 11.4. The molecule has 0 aliphatic rings. The Morgan fingerprint density at radius 1 is 1.53 bits per heavy atom. The second-order valence-corrected chi connectivity index (χ2v) is 4.23. The van der Waals surface area contributed by atoms with Gasteiger partial charge in [-0.3, -0.25) is 4.40 Å². The van der Waals surface area contributed by atoms with E-state index in [9.17, 15) is 4.79 Å². The summed E-state index contributed by atoms with van der Waals surface area (Å²) in [7, 11) is 0. The van der Waals surface area contributed by atoms with Crippen LogP contribution in [-0.4, -0.2) is 25.4 Å². The standard InChI is InChI=1S/C11H8ClN3O2/c1-5-6(12)2-3-8-9(5)14-11-13-7(10(16)17)4-15(8)11/h2-4H,1H3,(H,13,14)(H,16,17). The predicted molar refractivity (Wildman–Crippen MR) is 63.8 cm³/mol. The molecule has 2 heterocycles. The number of carboxylic acids is 1. The van der Waals surface area contributed by atoms with Crippen molar-refractivity contribution in [2.24, 2.45) is 0 Å². The van der Waals surface area contributed by atoms with Crippen LogP contribution in [-0.2, 0) is 0 Å². The lowest BCUT2D eigenvalue weighted by molar-refractivity contribution is 0.0691. The Bertz CT molecular complexity index is 757. The maximum absolute atomic E-state index is 10.8. The molecule has 3 aromatic rings. The molecule has 2 N–H and O–H groups in total. The molecule has 17 heavy (non-hydrogen) atoms. The van der Waals surface area contributed by atoms with Gasteiger partial charge in [-0.25, -0.2) is 9.78 Å².